The van der Waals surface area contributed by atoms with Crippen molar-refractivity contribution in [1.82, 2.24) is 0 Å². The average Bonchev–Trinajstić information content (AvgIpc) is 2.79. The van der Waals surface area contributed by atoms with Gasteiger partial charge in [0.15, 0.2) is 0 Å². The van der Waals surface area contributed by atoms with Gasteiger partial charge in [0.25, 0.3) is 0 Å². The fourth-order valence-corrected chi connectivity index (χ4v) is 2.35. The van der Waals surface area contributed by atoms with Gasteiger partial charge in [0.2, 0.25) is 0 Å². The van der Waals surface area contributed by atoms with E-state index in [4.69, 9.17) is 9.57 Å². The van der Waals surface area contributed by atoms with Crippen molar-refractivity contribution in [1.29, 1.82) is 0 Å². The van der Waals surface area contributed by atoms with Crippen LogP contribution in [0.3, 0.4) is 0 Å². The van der Waals surface area contributed by atoms with Gasteiger partial charge in [-0.2, -0.15) is 0 Å². The van der Waals surface area contributed by atoms with E-state index in [1.54, 1.807) is 33.8 Å². The third kappa shape index (κ3) is 3.93. The van der Waals surface area contributed by atoms with Crippen molar-refractivity contribution in [3.8, 4) is 0 Å². The van der Waals surface area contributed by atoms with Gasteiger partial charge in [-0.3, -0.25) is 4.79 Å². The van der Waals surface area contributed by atoms with Crippen LogP contribution in [0.2, 0.25) is 0 Å². The molecule has 0 bridgehead atoms. The van der Waals surface area contributed by atoms with Crippen molar-refractivity contribution in [2.24, 2.45) is 16.0 Å². The Hall–Kier alpha value is -1.65. The highest BCUT2D eigenvalue weighted by atomic mass is 16.7. The molecular formula is C16H25NO4. The Morgan fingerprint density at radius 2 is 2.10 bits per heavy atom. The second-order valence-electron chi connectivity index (χ2n) is 6.32. The van der Waals surface area contributed by atoms with E-state index in [-0.39, 0.29) is 5.97 Å². The molecule has 0 unspecified atom stereocenters. The lowest BCUT2D eigenvalue weighted by Crippen LogP contribution is -2.37. The maximum atomic E-state index is 12.3. The first kappa shape index (κ1) is 17.4. The summed E-state index contributed by atoms with van der Waals surface area (Å²) in [4.78, 5) is 29.2. The van der Waals surface area contributed by atoms with Crippen LogP contribution in [0.25, 0.3) is 0 Å². The lowest BCUT2D eigenvalue weighted by molar-refractivity contribution is -0.154. The van der Waals surface area contributed by atoms with Crippen LogP contribution in [0.15, 0.2) is 17.8 Å². The van der Waals surface area contributed by atoms with E-state index in [0.29, 0.717) is 31.6 Å². The molecule has 118 valence electrons. The summed E-state index contributed by atoms with van der Waals surface area (Å²) in [6.45, 7) is 11.1. The Bertz CT molecular complexity index is 448. The third-order valence-corrected chi connectivity index (χ3v) is 3.58. The number of allylic oxidation sites excluding steroid dienone is 1. The topological polar surface area (TPSA) is 65.0 Å². The van der Waals surface area contributed by atoms with E-state index in [1.165, 1.54) is 0 Å². The van der Waals surface area contributed by atoms with Gasteiger partial charge < -0.3 is 9.57 Å². The summed E-state index contributed by atoms with van der Waals surface area (Å²) in [5.74, 6) is -0.730. The minimum absolute atomic E-state index is 0.312. The van der Waals surface area contributed by atoms with Crippen molar-refractivity contribution < 1.29 is 19.2 Å². The number of hydrogen-bond acceptors (Lipinski definition) is 5. The van der Waals surface area contributed by atoms with E-state index < -0.39 is 16.8 Å². The first-order valence-corrected chi connectivity index (χ1v) is 7.35. The van der Waals surface area contributed by atoms with Crippen LogP contribution >= 0.6 is 0 Å². The SMILES string of the molecule is C=CC[C@]1(C(=O)OCC)CCC/C1=N\OC(=O)C(C)(C)C. The highest BCUT2D eigenvalue weighted by Gasteiger charge is 2.47. The zero-order valence-electron chi connectivity index (χ0n) is 13.4. The lowest BCUT2D eigenvalue weighted by atomic mass is 9.81. The maximum absolute atomic E-state index is 12.3. The molecule has 0 saturated heterocycles. The van der Waals surface area contributed by atoms with Crippen LogP contribution in [-0.2, 0) is 19.2 Å². The lowest BCUT2D eigenvalue weighted by Gasteiger charge is -2.25. The number of carbonyl (C=O) groups is 2. The van der Waals surface area contributed by atoms with Crippen LogP contribution in [-0.4, -0.2) is 24.3 Å². The molecule has 0 aromatic rings. The Morgan fingerprint density at radius 3 is 2.62 bits per heavy atom. The highest BCUT2D eigenvalue weighted by Crippen LogP contribution is 2.40. The molecule has 5 nitrogen and oxygen atoms in total. The molecule has 1 fully saturated rings. The quantitative estimate of drug-likeness (QED) is 0.338. The number of hydrogen-bond donors (Lipinski definition) is 0. The maximum Gasteiger partial charge on any atom is 0.340 e. The van der Waals surface area contributed by atoms with Gasteiger partial charge in [-0.25, -0.2) is 4.79 Å². The first-order valence-electron chi connectivity index (χ1n) is 7.35. The molecule has 1 aliphatic rings. The zero-order chi connectivity index (χ0) is 16.1. The van der Waals surface area contributed by atoms with E-state index >= 15 is 0 Å². The Morgan fingerprint density at radius 1 is 1.43 bits per heavy atom. The molecule has 0 spiro atoms. The number of carbonyl (C=O) groups excluding carboxylic acids is 2. The molecule has 0 amide bonds. The number of nitrogens with zero attached hydrogens (tertiary/aromatic N) is 1. The molecule has 1 aliphatic carbocycles. The van der Waals surface area contributed by atoms with Crippen LogP contribution in [0.5, 0.6) is 0 Å². The van der Waals surface area contributed by atoms with Gasteiger partial charge in [0.05, 0.1) is 17.7 Å². The normalized spacial score (nSPS) is 23.9. The Kier molecular flexibility index (Phi) is 5.70. The highest BCUT2D eigenvalue weighted by molar-refractivity contribution is 6.08. The third-order valence-electron chi connectivity index (χ3n) is 3.58. The molecule has 0 N–H and O–H groups in total. The minimum atomic E-state index is -0.823. The van der Waals surface area contributed by atoms with Gasteiger partial charge >= 0.3 is 11.9 Å². The molecule has 21 heavy (non-hydrogen) atoms. The van der Waals surface area contributed by atoms with E-state index in [1.807, 2.05) is 0 Å². The smallest absolute Gasteiger partial charge is 0.340 e. The molecule has 1 rings (SSSR count). The van der Waals surface area contributed by atoms with Gasteiger partial charge in [-0.05, 0) is 53.4 Å². The van der Waals surface area contributed by atoms with E-state index in [0.717, 1.165) is 6.42 Å². The number of ether oxygens (including phenoxy) is 1. The summed E-state index contributed by atoms with van der Waals surface area (Å²) in [7, 11) is 0. The van der Waals surface area contributed by atoms with Crippen LogP contribution in [0.4, 0.5) is 0 Å². The summed E-state index contributed by atoms with van der Waals surface area (Å²) in [6, 6.07) is 0. The van der Waals surface area contributed by atoms with Gasteiger partial charge in [-0.15, -0.1) is 6.58 Å². The molecule has 0 aromatic heterocycles. The van der Waals surface area contributed by atoms with Crippen molar-refractivity contribution in [3.63, 3.8) is 0 Å². The molecule has 0 heterocycles. The first-order chi connectivity index (χ1) is 9.78. The Balaban J connectivity index is 2.99. The van der Waals surface area contributed by atoms with E-state index in [9.17, 15) is 9.59 Å². The standard InChI is InChI=1S/C16H25NO4/c1-6-10-16(14(19)20-7-2)11-8-9-12(16)17-21-13(18)15(3,4)5/h6H,1,7-11H2,2-5H3/b17-12+/t16-/m0/s1. The second kappa shape index (κ2) is 6.87. The van der Waals surface area contributed by atoms with Gasteiger partial charge in [0, 0.05) is 0 Å². The van der Waals surface area contributed by atoms with Crippen LogP contribution in [0, 0.1) is 10.8 Å². The fourth-order valence-electron chi connectivity index (χ4n) is 2.35. The predicted molar refractivity (Wildman–Crippen MR) is 80.7 cm³/mol. The largest absolute Gasteiger partial charge is 0.465 e. The molecule has 5 heteroatoms. The fraction of sp³-hybridized carbons (Fsp3) is 0.688. The summed E-state index contributed by atoms with van der Waals surface area (Å²) in [6.07, 6.45) is 4.22. The summed E-state index contributed by atoms with van der Waals surface area (Å²) in [5.41, 5.74) is -0.873. The Labute approximate surface area is 126 Å². The molecule has 0 aromatic carbocycles. The van der Waals surface area contributed by atoms with Crippen LogP contribution in [0.1, 0.15) is 53.4 Å². The minimum Gasteiger partial charge on any atom is -0.465 e. The number of esters is 1. The molecule has 1 atom stereocenters. The number of oxime groups is 1. The van der Waals surface area contributed by atoms with Crippen molar-refractivity contribution in [2.75, 3.05) is 6.61 Å². The van der Waals surface area contributed by atoms with Crippen molar-refractivity contribution >= 4 is 17.7 Å². The molecule has 0 aliphatic heterocycles. The second-order valence-corrected chi connectivity index (χ2v) is 6.32. The number of rotatable bonds is 5. The average molecular weight is 295 g/mol. The van der Waals surface area contributed by atoms with Crippen molar-refractivity contribution in [2.45, 2.75) is 53.4 Å². The molecule has 1 saturated carbocycles. The van der Waals surface area contributed by atoms with Gasteiger partial charge in [-0.1, -0.05) is 11.2 Å². The molecule has 0 radical (unpaired) electrons. The summed E-state index contributed by atoms with van der Waals surface area (Å²) < 4.78 is 5.18. The van der Waals surface area contributed by atoms with Crippen LogP contribution < -0.4 is 0 Å². The summed E-state index contributed by atoms with van der Waals surface area (Å²) >= 11 is 0. The van der Waals surface area contributed by atoms with E-state index in [2.05, 4.69) is 11.7 Å². The monoisotopic (exact) mass is 295 g/mol. The summed E-state index contributed by atoms with van der Waals surface area (Å²) in [5, 5.41) is 3.98. The van der Waals surface area contributed by atoms with Gasteiger partial charge in [0.1, 0.15) is 5.41 Å². The molecular weight excluding hydrogens is 270 g/mol. The zero-order valence-corrected chi connectivity index (χ0v) is 13.4. The van der Waals surface area contributed by atoms with Crippen molar-refractivity contribution in [3.05, 3.63) is 12.7 Å². The predicted octanol–water partition coefficient (Wildman–Crippen LogP) is 3.24.